The molecule has 0 bridgehead atoms. The number of piperazine rings is 1. The molecule has 1 aliphatic heterocycles. The van der Waals surface area contributed by atoms with Crippen molar-refractivity contribution >= 4 is 17.4 Å². The largest absolute Gasteiger partial charge is 0.495 e. The summed E-state index contributed by atoms with van der Waals surface area (Å²) in [6.07, 6.45) is 0.824. The first-order valence-corrected chi connectivity index (χ1v) is 11.3. The summed E-state index contributed by atoms with van der Waals surface area (Å²) in [5, 5.41) is 3.04. The van der Waals surface area contributed by atoms with E-state index in [-0.39, 0.29) is 6.03 Å². The van der Waals surface area contributed by atoms with E-state index in [1.807, 2.05) is 72.5 Å². The second-order valence-corrected chi connectivity index (χ2v) is 7.93. The van der Waals surface area contributed by atoms with Crippen LogP contribution in [0.4, 0.5) is 16.2 Å². The fourth-order valence-corrected chi connectivity index (χ4v) is 3.99. The predicted octanol–water partition coefficient (Wildman–Crippen LogP) is 5.11. The lowest BCUT2D eigenvalue weighted by atomic mass is 10.1. The molecule has 172 valence electrons. The highest BCUT2D eigenvalue weighted by atomic mass is 16.5. The van der Waals surface area contributed by atoms with Gasteiger partial charge in [-0.1, -0.05) is 37.3 Å². The monoisotopic (exact) mass is 446 g/mol. The lowest BCUT2D eigenvalue weighted by Crippen LogP contribution is -2.50. The van der Waals surface area contributed by atoms with Gasteiger partial charge in [0, 0.05) is 31.9 Å². The standard InChI is InChI=1S/C26H30N4O3/c1-4-20-18-22(25(27-19(20)2)33-21-10-6-5-7-11-21)28-26(31)30-16-14-29(15-17-30)23-12-8-9-13-24(23)32-3/h5-13,18H,4,14-17H2,1-3H3,(H,28,31). The molecule has 1 saturated heterocycles. The van der Waals surface area contributed by atoms with Crippen molar-refractivity contribution in [3.8, 4) is 17.4 Å². The van der Waals surface area contributed by atoms with Gasteiger partial charge in [-0.3, -0.25) is 0 Å². The van der Waals surface area contributed by atoms with Crippen LogP contribution in [0.5, 0.6) is 17.4 Å². The second kappa shape index (κ2) is 10.3. The van der Waals surface area contributed by atoms with E-state index in [0.717, 1.165) is 42.2 Å². The highest BCUT2D eigenvalue weighted by molar-refractivity contribution is 5.91. The number of carbonyl (C=O) groups excluding carboxylic acids is 1. The van der Waals surface area contributed by atoms with E-state index in [2.05, 4.69) is 22.1 Å². The van der Waals surface area contributed by atoms with E-state index in [9.17, 15) is 4.79 Å². The molecule has 1 fully saturated rings. The summed E-state index contributed by atoms with van der Waals surface area (Å²) in [5.41, 5.74) is 3.60. The third kappa shape index (κ3) is 5.19. The number of nitrogens with one attached hydrogen (secondary N) is 1. The van der Waals surface area contributed by atoms with E-state index in [4.69, 9.17) is 9.47 Å². The Morgan fingerprint density at radius 1 is 1.03 bits per heavy atom. The molecular weight excluding hydrogens is 416 g/mol. The van der Waals surface area contributed by atoms with E-state index in [1.54, 1.807) is 7.11 Å². The van der Waals surface area contributed by atoms with Crippen molar-refractivity contribution in [2.75, 3.05) is 43.5 Å². The summed E-state index contributed by atoms with van der Waals surface area (Å²) < 4.78 is 11.5. The van der Waals surface area contributed by atoms with Gasteiger partial charge < -0.3 is 24.6 Å². The Labute approximate surface area is 195 Å². The van der Waals surface area contributed by atoms with Gasteiger partial charge in [0.15, 0.2) is 0 Å². The van der Waals surface area contributed by atoms with E-state index in [0.29, 0.717) is 30.4 Å². The Morgan fingerprint density at radius 3 is 2.42 bits per heavy atom. The fourth-order valence-electron chi connectivity index (χ4n) is 3.99. The Bertz CT molecular complexity index is 1100. The van der Waals surface area contributed by atoms with E-state index in [1.165, 1.54) is 0 Å². The van der Waals surface area contributed by atoms with Crippen molar-refractivity contribution in [3.05, 3.63) is 71.9 Å². The number of rotatable bonds is 6. The van der Waals surface area contributed by atoms with Gasteiger partial charge in [0.25, 0.3) is 0 Å². The van der Waals surface area contributed by atoms with Crippen LogP contribution in [0.2, 0.25) is 0 Å². The van der Waals surface area contributed by atoms with Crippen LogP contribution in [-0.4, -0.2) is 49.2 Å². The lowest BCUT2D eigenvalue weighted by Gasteiger charge is -2.36. The van der Waals surface area contributed by atoms with Crippen LogP contribution in [0.15, 0.2) is 60.7 Å². The van der Waals surface area contributed by atoms with Crippen LogP contribution < -0.4 is 19.7 Å². The number of pyridine rings is 1. The first-order chi connectivity index (χ1) is 16.1. The van der Waals surface area contributed by atoms with Gasteiger partial charge in [-0.2, -0.15) is 0 Å². The zero-order chi connectivity index (χ0) is 23.2. The SMILES string of the molecule is CCc1cc(NC(=O)N2CCN(c3ccccc3OC)CC2)c(Oc2ccccc2)nc1C. The number of ether oxygens (including phenoxy) is 2. The van der Waals surface area contributed by atoms with Crippen LogP contribution in [0.1, 0.15) is 18.2 Å². The number of para-hydroxylation sites is 3. The summed E-state index contributed by atoms with van der Waals surface area (Å²) in [6, 6.07) is 19.3. The molecule has 1 N–H and O–H groups in total. The highest BCUT2D eigenvalue weighted by Gasteiger charge is 2.24. The number of aryl methyl sites for hydroxylation is 2. The third-order valence-electron chi connectivity index (χ3n) is 5.86. The number of hydrogen-bond donors (Lipinski definition) is 1. The molecule has 1 aromatic heterocycles. The Hall–Kier alpha value is -3.74. The van der Waals surface area contributed by atoms with E-state index < -0.39 is 0 Å². The van der Waals surface area contributed by atoms with Crippen LogP contribution in [-0.2, 0) is 6.42 Å². The topological polar surface area (TPSA) is 66.9 Å². The maximum Gasteiger partial charge on any atom is 0.322 e. The molecule has 0 saturated carbocycles. The molecule has 7 nitrogen and oxygen atoms in total. The number of nitrogens with zero attached hydrogens (tertiary/aromatic N) is 3. The maximum absolute atomic E-state index is 13.1. The van der Waals surface area contributed by atoms with Crippen molar-refractivity contribution in [3.63, 3.8) is 0 Å². The van der Waals surface area contributed by atoms with Gasteiger partial charge >= 0.3 is 6.03 Å². The van der Waals surface area contributed by atoms with Gasteiger partial charge in [0.1, 0.15) is 17.2 Å². The smallest absolute Gasteiger partial charge is 0.322 e. The van der Waals surface area contributed by atoms with Crippen molar-refractivity contribution in [1.29, 1.82) is 0 Å². The van der Waals surface area contributed by atoms with Crippen LogP contribution in [0.25, 0.3) is 0 Å². The zero-order valence-corrected chi connectivity index (χ0v) is 19.4. The van der Waals surface area contributed by atoms with Gasteiger partial charge in [-0.15, -0.1) is 0 Å². The number of benzene rings is 2. The number of carbonyl (C=O) groups is 1. The van der Waals surface area contributed by atoms with Gasteiger partial charge in [0.2, 0.25) is 5.88 Å². The molecule has 4 rings (SSSR count). The van der Waals surface area contributed by atoms with E-state index >= 15 is 0 Å². The zero-order valence-electron chi connectivity index (χ0n) is 19.4. The molecule has 3 aromatic rings. The average Bonchev–Trinajstić information content (AvgIpc) is 2.86. The number of methoxy groups -OCH3 is 1. The molecule has 1 aliphatic rings. The predicted molar refractivity (Wildman–Crippen MR) is 131 cm³/mol. The van der Waals surface area contributed by atoms with Crippen molar-refractivity contribution in [2.24, 2.45) is 0 Å². The number of hydrogen-bond acceptors (Lipinski definition) is 5. The summed E-state index contributed by atoms with van der Waals surface area (Å²) in [6.45, 7) is 6.71. The van der Waals surface area contributed by atoms with Crippen molar-refractivity contribution in [2.45, 2.75) is 20.3 Å². The van der Waals surface area contributed by atoms with Gasteiger partial charge in [-0.05, 0) is 49.2 Å². The minimum Gasteiger partial charge on any atom is -0.495 e. The average molecular weight is 447 g/mol. The minimum absolute atomic E-state index is 0.153. The molecule has 7 heteroatoms. The van der Waals surface area contributed by atoms with Gasteiger partial charge in [0.05, 0.1) is 12.8 Å². The first-order valence-electron chi connectivity index (χ1n) is 11.3. The molecule has 2 aromatic carbocycles. The number of amides is 2. The summed E-state index contributed by atoms with van der Waals surface area (Å²) in [5.74, 6) is 1.92. The second-order valence-electron chi connectivity index (χ2n) is 7.93. The molecule has 0 radical (unpaired) electrons. The molecule has 0 unspecified atom stereocenters. The van der Waals surface area contributed by atoms with Crippen LogP contribution >= 0.6 is 0 Å². The summed E-state index contributed by atoms with van der Waals surface area (Å²) >= 11 is 0. The minimum atomic E-state index is -0.153. The quantitative estimate of drug-likeness (QED) is 0.570. The maximum atomic E-state index is 13.1. The Balaban J connectivity index is 1.47. The molecule has 2 heterocycles. The van der Waals surface area contributed by atoms with Crippen LogP contribution in [0, 0.1) is 6.92 Å². The normalized spacial score (nSPS) is 13.5. The highest BCUT2D eigenvalue weighted by Crippen LogP contribution is 2.31. The Kier molecular flexibility index (Phi) is 6.98. The number of urea groups is 1. The molecule has 2 amide bonds. The van der Waals surface area contributed by atoms with Crippen molar-refractivity contribution < 1.29 is 14.3 Å². The molecule has 0 spiro atoms. The molecule has 0 aliphatic carbocycles. The molecule has 0 atom stereocenters. The number of anilines is 2. The molecular formula is C26H30N4O3. The molecule has 33 heavy (non-hydrogen) atoms. The van der Waals surface area contributed by atoms with Gasteiger partial charge in [-0.25, -0.2) is 9.78 Å². The van der Waals surface area contributed by atoms with Crippen molar-refractivity contribution in [1.82, 2.24) is 9.88 Å². The Morgan fingerprint density at radius 2 is 1.73 bits per heavy atom. The lowest BCUT2D eigenvalue weighted by molar-refractivity contribution is 0.208. The first kappa shape index (κ1) is 22.5. The third-order valence-corrected chi connectivity index (χ3v) is 5.86. The fraction of sp³-hybridized carbons (Fsp3) is 0.308. The summed E-state index contributed by atoms with van der Waals surface area (Å²) in [4.78, 5) is 21.8. The van der Waals surface area contributed by atoms with Crippen LogP contribution in [0.3, 0.4) is 0 Å². The summed E-state index contributed by atoms with van der Waals surface area (Å²) in [7, 11) is 1.68. The number of aromatic nitrogens is 1.